The van der Waals surface area contributed by atoms with Gasteiger partial charge in [-0.1, -0.05) is 68.0 Å². The number of carbonyl (C=O) groups excluding carboxylic acids is 3. The molecule has 0 unspecified atom stereocenters. The first kappa shape index (κ1) is 52.5. The first-order valence-corrected chi connectivity index (χ1v) is 24.4. The average Bonchev–Trinajstić information content (AvgIpc) is 3.62. The Bertz CT molecular complexity index is 1600. The third-order valence-corrected chi connectivity index (χ3v) is 15.7. The summed E-state index contributed by atoms with van der Waals surface area (Å²) in [5.41, 5.74) is -1.79. The molecule has 0 amide bonds. The van der Waals surface area contributed by atoms with E-state index in [1.807, 2.05) is 41.5 Å². The zero-order chi connectivity index (χ0) is 47.2. The van der Waals surface area contributed by atoms with Gasteiger partial charge < -0.3 is 52.8 Å². The van der Waals surface area contributed by atoms with Crippen LogP contribution in [0.2, 0.25) is 0 Å². The van der Waals surface area contributed by atoms with E-state index >= 15 is 0 Å². The summed E-state index contributed by atoms with van der Waals surface area (Å²) in [5, 5.41) is 23.2. The van der Waals surface area contributed by atoms with E-state index in [1.165, 1.54) is 0 Å². The summed E-state index contributed by atoms with van der Waals surface area (Å²) < 4.78 is 56.4. The van der Waals surface area contributed by atoms with Crippen molar-refractivity contribution in [2.75, 3.05) is 26.9 Å². The number of aliphatic hydroxyl groups is 2. The number of rotatable bonds is 19. The second-order valence-electron chi connectivity index (χ2n) is 20.0. The minimum atomic E-state index is -1.49. The predicted molar refractivity (Wildman–Crippen MR) is 239 cm³/mol. The van der Waals surface area contributed by atoms with Gasteiger partial charge in [-0.2, -0.15) is 0 Å². The number of ketones is 1. The zero-order valence-corrected chi connectivity index (χ0v) is 40.7. The molecule has 4 fully saturated rings. The summed E-state index contributed by atoms with van der Waals surface area (Å²) in [6.45, 7) is 24.0. The van der Waals surface area contributed by atoms with Gasteiger partial charge in [0.05, 0.1) is 60.4 Å². The van der Waals surface area contributed by atoms with Crippen LogP contribution < -0.4 is 0 Å². The fraction of sp³-hybridized carbons (Fsp3) is 0.860. The summed E-state index contributed by atoms with van der Waals surface area (Å²) in [7, 11) is 1.58. The van der Waals surface area contributed by atoms with Gasteiger partial charge in [-0.25, -0.2) is 4.79 Å². The monoisotopic (exact) mass is 907 g/mol. The van der Waals surface area contributed by atoms with Crippen molar-refractivity contribution >= 4 is 17.9 Å². The van der Waals surface area contributed by atoms with E-state index < -0.39 is 77.0 Å². The van der Waals surface area contributed by atoms with Crippen LogP contribution in [0.5, 0.6) is 0 Å². The van der Waals surface area contributed by atoms with E-state index in [4.69, 9.17) is 42.6 Å². The van der Waals surface area contributed by atoms with Crippen molar-refractivity contribution in [2.24, 2.45) is 41.4 Å². The smallest absolute Gasteiger partial charge is 0.461 e. The van der Waals surface area contributed by atoms with E-state index in [0.29, 0.717) is 70.8 Å². The lowest BCUT2D eigenvalue weighted by Gasteiger charge is -2.54. The first-order valence-electron chi connectivity index (χ1n) is 24.4. The van der Waals surface area contributed by atoms with Crippen LogP contribution in [0.15, 0.2) is 24.8 Å². The summed E-state index contributed by atoms with van der Waals surface area (Å²) in [5.74, 6) is -5.54. The third kappa shape index (κ3) is 11.1. The molecule has 0 bridgehead atoms. The summed E-state index contributed by atoms with van der Waals surface area (Å²) in [4.78, 5) is 40.9. The van der Waals surface area contributed by atoms with Gasteiger partial charge in [-0.3, -0.25) is 9.59 Å². The lowest BCUT2D eigenvalue weighted by Crippen LogP contribution is -2.63. The minimum absolute atomic E-state index is 0.0428. The Morgan fingerprint density at radius 1 is 0.906 bits per heavy atom. The Morgan fingerprint density at radius 3 is 2.27 bits per heavy atom. The molecule has 14 nitrogen and oxygen atoms in total. The molecular weight excluding hydrogens is 825 g/mol. The summed E-state index contributed by atoms with van der Waals surface area (Å²) >= 11 is 0. The van der Waals surface area contributed by atoms with E-state index in [0.717, 1.165) is 6.42 Å². The van der Waals surface area contributed by atoms with Crippen LogP contribution >= 0.6 is 0 Å². The zero-order valence-electron chi connectivity index (χ0n) is 40.7. The molecule has 0 aromatic heterocycles. The van der Waals surface area contributed by atoms with Gasteiger partial charge in [0.1, 0.15) is 12.4 Å². The Morgan fingerprint density at radius 2 is 1.62 bits per heavy atom. The second-order valence-corrected chi connectivity index (χ2v) is 20.0. The highest BCUT2D eigenvalue weighted by Gasteiger charge is 2.64. The molecule has 18 atom stereocenters. The molecule has 4 saturated heterocycles. The molecule has 0 radical (unpaired) electrons. The van der Waals surface area contributed by atoms with Crippen molar-refractivity contribution in [3.05, 3.63) is 24.8 Å². The summed E-state index contributed by atoms with van der Waals surface area (Å²) in [6.07, 6.45) is 6.44. The van der Waals surface area contributed by atoms with Gasteiger partial charge in [-0.05, 0) is 95.6 Å². The van der Waals surface area contributed by atoms with E-state index in [9.17, 15) is 24.6 Å². The number of carbonyl (C=O) groups is 3. The van der Waals surface area contributed by atoms with Crippen molar-refractivity contribution in [1.29, 1.82) is 0 Å². The highest BCUT2D eigenvalue weighted by molar-refractivity contribution is 5.84. The molecule has 14 heteroatoms. The maximum Gasteiger partial charge on any atom is 0.509 e. The number of aliphatic hydroxyl groups excluding tert-OH is 1. The molecule has 5 rings (SSSR count). The van der Waals surface area contributed by atoms with Crippen LogP contribution in [0.4, 0.5) is 4.79 Å². The van der Waals surface area contributed by atoms with Gasteiger partial charge in [0.2, 0.25) is 5.79 Å². The molecule has 2 N–H and O–H groups in total. The fourth-order valence-corrected chi connectivity index (χ4v) is 11.3. The van der Waals surface area contributed by atoms with Crippen molar-refractivity contribution in [2.45, 2.75) is 205 Å². The predicted octanol–water partition coefficient (Wildman–Crippen LogP) is 8.03. The molecule has 0 aliphatic carbocycles. The average molecular weight is 907 g/mol. The first-order chi connectivity index (χ1) is 30.3. The van der Waals surface area contributed by atoms with E-state index in [2.05, 4.69) is 27.4 Å². The van der Waals surface area contributed by atoms with Gasteiger partial charge in [0.25, 0.3) is 0 Å². The Hall–Kier alpha value is -2.43. The molecule has 5 aliphatic heterocycles. The maximum absolute atomic E-state index is 14.8. The molecule has 5 heterocycles. The molecule has 5 aliphatic rings. The number of hydrogen-bond acceptors (Lipinski definition) is 14. The highest BCUT2D eigenvalue weighted by Crippen LogP contribution is 2.54. The molecule has 64 heavy (non-hydrogen) atoms. The van der Waals surface area contributed by atoms with Crippen LogP contribution in [0.3, 0.4) is 0 Å². The Kier molecular flexibility index (Phi) is 18.2. The Balaban J connectivity index is 1.37. The fourth-order valence-electron chi connectivity index (χ4n) is 11.3. The van der Waals surface area contributed by atoms with Crippen molar-refractivity contribution in [3.8, 4) is 0 Å². The number of hydrogen-bond donors (Lipinski definition) is 2. The lowest BCUT2D eigenvalue weighted by atomic mass is 9.72. The maximum atomic E-state index is 14.8. The van der Waals surface area contributed by atoms with Crippen LogP contribution in [0.1, 0.15) is 140 Å². The Labute approximate surface area is 382 Å². The normalized spacial score (nSPS) is 40.0. The molecule has 2 spiro atoms. The third-order valence-electron chi connectivity index (χ3n) is 15.7. The van der Waals surface area contributed by atoms with Crippen LogP contribution in [-0.2, 0) is 52.2 Å². The van der Waals surface area contributed by atoms with Crippen LogP contribution in [-0.4, -0.2) is 121 Å². The molecule has 366 valence electrons. The van der Waals surface area contributed by atoms with E-state index in [1.54, 1.807) is 32.3 Å². The van der Waals surface area contributed by atoms with Gasteiger partial charge in [0, 0.05) is 50.2 Å². The van der Waals surface area contributed by atoms with Gasteiger partial charge in [0.15, 0.2) is 11.9 Å². The number of esters is 1. The number of Topliss-reactive ketones (excluding diaryl/α,β-unsaturated/α-hetero) is 1. The molecule has 0 aromatic rings. The van der Waals surface area contributed by atoms with Crippen LogP contribution in [0.25, 0.3) is 0 Å². The van der Waals surface area contributed by atoms with Gasteiger partial charge >= 0.3 is 12.1 Å². The number of ether oxygens (including phenoxy) is 9. The van der Waals surface area contributed by atoms with Crippen molar-refractivity contribution in [1.82, 2.24) is 0 Å². The second kappa shape index (κ2) is 22.1. The topological polar surface area (TPSA) is 175 Å². The largest absolute Gasteiger partial charge is 0.509 e. The molecule has 0 aromatic carbocycles. The van der Waals surface area contributed by atoms with Crippen molar-refractivity contribution in [3.63, 3.8) is 0 Å². The van der Waals surface area contributed by atoms with Crippen molar-refractivity contribution < 1.29 is 67.2 Å². The molecule has 0 saturated carbocycles. The van der Waals surface area contributed by atoms with E-state index in [-0.39, 0.29) is 61.0 Å². The SMILES string of the molecule is C=CCOC(=O)[C@H](CC)[C@H]1CC[C@H](C)[C@H]([C@@H](C)[C@H](O)[C@H](C)C(=O)[C@H](CC)[C@H]2O[C@]3(C=C[C@@H](OC(=O)OCCCOC)[C@]4(CC[C@@](C)([C@H]5CC[C@](O)(CC)[C@H](C)O5)O4)O3)[C@H](C)C[C@@H]2C)O1. The number of methoxy groups -OCH3 is 1. The highest BCUT2D eigenvalue weighted by atomic mass is 16.8. The summed E-state index contributed by atoms with van der Waals surface area (Å²) in [6, 6.07) is 0. The quantitative estimate of drug-likeness (QED) is 0.0724. The van der Waals surface area contributed by atoms with Crippen LogP contribution in [0, 0.1) is 41.4 Å². The van der Waals surface area contributed by atoms with Gasteiger partial charge in [-0.15, -0.1) is 0 Å². The minimum Gasteiger partial charge on any atom is -0.461 e. The molecular formula is C50H82O14. The lowest BCUT2D eigenvalue weighted by molar-refractivity contribution is -0.408. The standard InChI is InChI=1S/C50H82O14/c1-13-26-57-45(53)36(14-2)38-19-18-30(5)43(60-38)34(9)41(51)33(8)42(52)37(15-3)44-31(6)29-32(7)49(62-44)23-21-40(61-46(54)58-28-17-27-56-12)50(64-49)25-24-47(11,63-50)39-20-22-48(55,16-4)35(10)59-39/h13,21,23,30-41,43-44,51,55H,1,14-20,22,24-29H2,2-12H3/t30-,31-,32+,33-,34-,35-,36+,37-,38+,39+,40+,41+,43+,44-,47-,48+,49-,50-/m0/s1.